The van der Waals surface area contributed by atoms with Crippen molar-refractivity contribution < 1.29 is 18.7 Å². The third-order valence-electron chi connectivity index (χ3n) is 7.06. The molecule has 1 unspecified atom stereocenters. The van der Waals surface area contributed by atoms with Crippen LogP contribution in [0.15, 0.2) is 36.7 Å². The van der Waals surface area contributed by atoms with Crippen molar-refractivity contribution in [2.45, 2.75) is 51.0 Å². The van der Waals surface area contributed by atoms with E-state index < -0.39 is 29.0 Å². The molecule has 216 valence electrons. The van der Waals surface area contributed by atoms with Gasteiger partial charge in [0, 0.05) is 48.5 Å². The fraction of sp³-hybridized carbons (Fsp3) is 0.393. The number of ether oxygens (including phenoxy) is 2. The lowest BCUT2D eigenvalue weighted by Gasteiger charge is -2.23. The second-order valence-electron chi connectivity index (χ2n) is 11.1. The Morgan fingerprint density at radius 2 is 2.02 bits per heavy atom. The van der Waals surface area contributed by atoms with Crippen LogP contribution in [0.5, 0.6) is 5.75 Å². The number of pyridine rings is 1. The number of carbonyl (C=O) groups excluding carboxylic acids is 1. The number of hydrogen-bond donors (Lipinski definition) is 2. The van der Waals surface area contributed by atoms with Crippen LogP contribution in [0.2, 0.25) is 5.11 Å². The molecule has 43 heavy (non-hydrogen) atoms. The van der Waals surface area contributed by atoms with Gasteiger partial charge in [0.25, 0.3) is 0 Å². The highest BCUT2D eigenvalue weighted by Crippen LogP contribution is 2.39. The van der Waals surface area contributed by atoms with Crippen LogP contribution in [-0.2, 0) is 29.5 Å². The highest BCUT2D eigenvalue weighted by atomic mass is 19.1. The van der Waals surface area contributed by atoms with Gasteiger partial charge in [-0.05, 0) is 37.1 Å². The number of benzene rings is 1. The molecule has 5 rings (SSSR count). The van der Waals surface area contributed by atoms with Gasteiger partial charge in [0.1, 0.15) is 23.7 Å². The maximum atomic E-state index is 14.6. The minimum absolute atomic E-state index is 0.00355. The summed E-state index contributed by atoms with van der Waals surface area (Å²) in [6, 6.07) is 5.43. The van der Waals surface area contributed by atoms with Crippen LogP contribution in [0, 0.1) is 11.7 Å². The number of hydrogen-bond acceptors (Lipinski definition) is 9. The predicted molar refractivity (Wildman–Crippen MR) is 161 cm³/mol. The van der Waals surface area contributed by atoms with Crippen molar-refractivity contribution in [2.75, 3.05) is 12.0 Å². The summed E-state index contributed by atoms with van der Waals surface area (Å²) < 4.78 is 27.9. The molecule has 11 nitrogen and oxygen atoms in total. The number of nitrogens with two attached hydrogens (primary N) is 1. The topological polar surface area (TPSA) is 135 Å². The molecular weight excluding hydrogens is 548 g/mol. The fourth-order valence-corrected chi connectivity index (χ4v) is 4.90. The summed E-state index contributed by atoms with van der Waals surface area (Å²) in [5, 5.41) is 15.2. The van der Waals surface area contributed by atoms with Crippen LogP contribution in [0.4, 0.5) is 10.2 Å². The monoisotopic (exact) mass is 578 g/mol. The molecule has 0 spiro atoms. The maximum Gasteiger partial charge on any atom is 0.324 e. The molecule has 3 aromatic heterocycles. The van der Waals surface area contributed by atoms with Gasteiger partial charge in [0.2, 0.25) is 0 Å². The molecule has 0 saturated carbocycles. The maximum absolute atomic E-state index is 14.6. The first kappa shape index (κ1) is 30.3. The summed E-state index contributed by atoms with van der Waals surface area (Å²) >= 11 is 0. The third-order valence-corrected chi connectivity index (χ3v) is 7.06. The molecule has 2 atom stereocenters. The van der Waals surface area contributed by atoms with Crippen LogP contribution in [-0.4, -0.2) is 72.0 Å². The largest absolute Gasteiger partial charge is 0.482 e. The molecule has 1 aromatic carbocycles. The summed E-state index contributed by atoms with van der Waals surface area (Å²) in [6.07, 6.45) is 2.96. The van der Waals surface area contributed by atoms with E-state index in [1.54, 1.807) is 43.2 Å². The molecule has 2 bridgehead atoms. The second kappa shape index (κ2) is 11.9. The Morgan fingerprint density at radius 1 is 1.26 bits per heavy atom. The molecule has 0 saturated heterocycles. The smallest absolute Gasteiger partial charge is 0.324 e. The van der Waals surface area contributed by atoms with Gasteiger partial charge >= 0.3 is 5.97 Å². The fourth-order valence-electron chi connectivity index (χ4n) is 4.90. The van der Waals surface area contributed by atoms with Gasteiger partial charge in [-0.25, -0.2) is 9.37 Å². The van der Waals surface area contributed by atoms with Gasteiger partial charge in [0.15, 0.2) is 18.3 Å². The van der Waals surface area contributed by atoms with E-state index in [0.717, 1.165) is 5.56 Å². The van der Waals surface area contributed by atoms with Crippen LogP contribution < -0.4 is 15.8 Å². The van der Waals surface area contributed by atoms with E-state index in [4.69, 9.17) is 38.7 Å². The van der Waals surface area contributed by atoms with Crippen LogP contribution in [0.3, 0.4) is 0 Å². The summed E-state index contributed by atoms with van der Waals surface area (Å²) in [5.41, 5.74) is 10.4. The summed E-state index contributed by atoms with van der Waals surface area (Å²) in [5.74, 6) is -0.476. The Labute approximate surface area is 252 Å². The number of rotatable bonds is 7. The zero-order valence-electron chi connectivity index (χ0n) is 24.4. The lowest BCUT2D eigenvalue weighted by Crippen LogP contribution is -2.37. The second-order valence-corrected chi connectivity index (χ2v) is 11.1. The molecule has 1 aliphatic rings. The minimum Gasteiger partial charge on any atom is -0.482 e. The van der Waals surface area contributed by atoms with Crippen molar-refractivity contribution in [1.29, 1.82) is 0 Å². The molecular formula is C28H30B3FN8O3. The van der Waals surface area contributed by atoms with E-state index >= 15 is 0 Å². The van der Waals surface area contributed by atoms with Crippen LogP contribution in [0.25, 0.3) is 22.5 Å². The highest BCUT2D eigenvalue weighted by Gasteiger charge is 2.27. The normalized spacial score (nSPS) is 15.3. The lowest BCUT2D eigenvalue weighted by molar-refractivity contribution is -0.145. The number of aryl methyl sites for hydroxylation is 1. The van der Waals surface area contributed by atoms with E-state index in [1.807, 2.05) is 13.8 Å². The Kier molecular flexibility index (Phi) is 8.37. The van der Waals surface area contributed by atoms with Gasteiger partial charge in [-0.15, -0.1) is 5.11 Å². The first-order valence-electron chi connectivity index (χ1n) is 13.7. The number of aromatic nitrogens is 6. The molecule has 0 aliphatic carbocycles. The number of anilines is 1. The van der Waals surface area contributed by atoms with Gasteiger partial charge < -0.3 is 20.5 Å². The summed E-state index contributed by atoms with van der Waals surface area (Å²) in [7, 11) is 19.6. The van der Waals surface area contributed by atoms with Gasteiger partial charge in [-0.1, -0.05) is 13.8 Å². The zero-order chi connectivity index (χ0) is 31.1. The Balaban J connectivity index is 1.63. The SMILES string of the molecule is [B]C([B])([B])Cn1ncc2c1-c1cnc(NCOC(=O)C(N)C(C)C)c(c1)O[C@H](C)c1cc(F)ccc1-c1nn(C)nc1C2. The number of nitrogens with one attached hydrogen (secondary N) is 1. The van der Waals surface area contributed by atoms with Gasteiger partial charge in [-0.2, -0.15) is 20.1 Å². The van der Waals surface area contributed by atoms with E-state index in [9.17, 15) is 9.18 Å². The predicted octanol–water partition coefficient (Wildman–Crippen LogP) is 2.40. The molecule has 1 aliphatic heterocycles. The minimum atomic E-state index is -1.55. The first-order chi connectivity index (χ1) is 20.3. The molecule has 0 fully saturated rings. The van der Waals surface area contributed by atoms with Crippen molar-refractivity contribution >= 4 is 35.3 Å². The quantitative estimate of drug-likeness (QED) is 0.193. The summed E-state index contributed by atoms with van der Waals surface area (Å²) in [6.45, 7) is 5.24. The van der Waals surface area contributed by atoms with E-state index in [-0.39, 0.29) is 25.0 Å². The third kappa shape index (κ3) is 6.61. The number of nitrogens with zero attached hydrogens (tertiary/aromatic N) is 6. The average molecular weight is 578 g/mol. The number of carbonyl (C=O) groups is 1. The van der Waals surface area contributed by atoms with Crippen molar-refractivity contribution in [3.63, 3.8) is 0 Å². The van der Waals surface area contributed by atoms with Crippen molar-refractivity contribution in [1.82, 2.24) is 29.8 Å². The molecule has 0 amide bonds. The molecule has 4 heterocycles. The van der Waals surface area contributed by atoms with Gasteiger partial charge in [-0.3, -0.25) is 9.48 Å². The Bertz CT molecular complexity index is 1650. The van der Waals surface area contributed by atoms with Gasteiger partial charge in [0.05, 0.1) is 41.1 Å². The first-order valence-corrected chi connectivity index (χ1v) is 13.7. The molecule has 3 N–H and O–H groups in total. The Morgan fingerprint density at radius 3 is 2.74 bits per heavy atom. The zero-order valence-corrected chi connectivity index (χ0v) is 24.4. The molecule has 15 heteroatoms. The highest BCUT2D eigenvalue weighted by molar-refractivity contribution is 6.58. The van der Waals surface area contributed by atoms with Crippen LogP contribution >= 0.6 is 0 Å². The Hall–Kier alpha value is -4.13. The summed E-state index contributed by atoms with van der Waals surface area (Å²) in [4.78, 5) is 18.3. The van der Waals surface area contributed by atoms with E-state index in [1.165, 1.54) is 16.9 Å². The molecule has 6 radical (unpaired) electrons. The average Bonchev–Trinajstić information content (AvgIpc) is 3.49. The number of fused-ring (bicyclic) bond motifs is 7. The standard InChI is InChI=1S/C28H30B3FN8O3/c1-14(2)23(33)27(41)42-13-35-26-22-8-17(10-34-26)25-16(11-36-40(25)12-28(29,30)31)7-21-24(38-39(4)37-21)19-6-5-18(32)9-20(19)15(3)43-22/h5-6,8-11,14-15,23H,7,12-13,33H2,1-4H3,(H,34,35)/t15-,23?/m1/s1. The van der Waals surface area contributed by atoms with Crippen molar-refractivity contribution in [3.8, 4) is 28.3 Å². The van der Waals surface area contributed by atoms with Crippen molar-refractivity contribution in [2.24, 2.45) is 18.7 Å². The number of esters is 1. The van der Waals surface area contributed by atoms with E-state index in [0.29, 0.717) is 45.9 Å². The number of halogens is 1. The lowest BCUT2D eigenvalue weighted by atomic mass is 9.43. The van der Waals surface area contributed by atoms with E-state index in [2.05, 4.69) is 25.6 Å². The van der Waals surface area contributed by atoms with Crippen LogP contribution in [0.1, 0.15) is 43.7 Å². The molecule has 4 aromatic rings. The van der Waals surface area contributed by atoms with Crippen molar-refractivity contribution in [3.05, 3.63) is 59.3 Å².